The van der Waals surface area contributed by atoms with E-state index in [1.54, 1.807) is 6.20 Å². The quantitative estimate of drug-likeness (QED) is 0.648. The van der Waals surface area contributed by atoms with E-state index in [0.717, 1.165) is 28.4 Å². The Balaban J connectivity index is 1.36. The van der Waals surface area contributed by atoms with Gasteiger partial charge >= 0.3 is 0 Å². The molecule has 29 heavy (non-hydrogen) atoms. The minimum absolute atomic E-state index is 0.230. The maximum atomic E-state index is 9.58. The van der Waals surface area contributed by atoms with Crippen LogP contribution in [-0.4, -0.2) is 25.0 Å². The number of anilines is 1. The van der Waals surface area contributed by atoms with Crippen molar-refractivity contribution < 1.29 is 18.9 Å². The highest BCUT2D eigenvalue weighted by atomic mass is 32.1. The smallest absolute Gasteiger partial charge is 0.231 e. The zero-order valence-corrected chi connectivity index (χ0v) is 16.0. The monoisotopic (exact) mass is 405 g/mol. The number of thiazole rings is 1. The number of aromatic nitrogens is 1. The van der Waals surface area contributed by atoms with Crippen LogP contribution in [0.2, 0.25) is 0 Å². The zero-order chi connectivity index (χ0) is 19.6. The molecule has 0 fully saturated rings. The molecular weight excluding hydrogens is 390 g/mol. The lowest BCUT2D eigenvalue weighted by molar-refractivity contribution is 0.171. The first-order chi connectivity index (χ1) is 14.3. The van der Waals surface area contributed by atoms with Crippen molar-refractivity contribution >= 4 is 22.6 Å². The summed E-state index contributed by atoms with van der Waals surface area (Å²) in [6.07, 6.45) is 1.65. The van der Waals surface area contributed by atoms with E-state index in [-0.39, 0.29) is 6.79 Å². The number of benzene rings is 2. The maximum Gasteiger partial charge on any atom is 0.231 e. The van der Waals surface area contributed by atoms with Crippen molar-refractivity contribution in [3.63, 3.8) is 0 Å². The molecule has 0 atom stereocenters. The van der Waals surface area contributed by atoms with Crippen molar-refractivity contribution in [3.8, 4) is 40.3 Å². The van der Waals surface area contributed by atoms with Crippen LogP contribution in [0.3, 0.4) is 0 Å². The molecule has 0 bridgehead atoms. The van der Waals surface area contributed by atoms with E-state index >= 15 is 0 Å². The number of nitrogens with one attached hydrogen (secondary N) is 1. The molecule has 8 heteroatoms. The normalized spacial score (nSPS) is 14.4. The molecule has 1 N–H and O–H groups in total. The molecule has 5 rings (SSSR count). The van der Waals surface area contributed by atoms with Crippen LogP contribution in [0.25, 0.3) is 16.8 Å². The minimum Gasteiger partial charge on any atom is -0.486 e. The maximum absolute atomic E-state index is 9.58. The van der Waals surface area contributed by atoms with Crippen LogP contribution >= 0.6 is 11.3 Å². The van der Waals surface area contributed by atoms with Gasteiger partial charge in [0.2, 0.25) is 6.79 Å². The molecule has 144 valence electrons. The SMILES string of the molecule is N#CC(=CNc1ccc2c(c1)OCCO2)c1nc(-c2ccc3c(c2)OCO3)cs1. The number of allylic oxidation sites excluding steroid dienone is 1. The first kappa shape index (κ1) is 17.4. The van der Waals surface area contributed by atoms with Gasteiger partial charge in [-0.1, -0.05) is 0 Å². The van der Waals surface area contributed by atoms with Gasteiger partial charge in [-0.15, -0.1) is 11.3 Å². The van der Waals surface area contributed by atoms with E-state index in [4.69, 9.17) is 18.9 Å². The van der Waals surface area contributed by atoms with E-state index in [9.17, 15) is 5.26 Å². The van der Waals surface area contributed by atoms with Gasteiger partial charge in [0.05, 0.1) is 5.69 Å². The first-order valence-electron chi connectivity index (χ1n) is 8.92. The molecule has 2 aliphatic rings. The van der Waals surface area contributed by atoms with E-state index < -0.39 is 0 Å². The van der Waals surface area contributed by atoms with Crippen molar-refractivity contribution in [2.75, 3.05) is 25.3 Å². The van der Waals surface area contributed by atoms with Gasteiger partial charge in [-0.05, 0) is 30.3 Å². The molecule has 0 saturated heterocycles. The molecular formula is C21H15N3O4S. The number of nitrogens with zero attached hydrogens (tertiary/aromatic N) is 2. The summed E-state index contributed by atoms with van der Waals surface area (Å²) >= 11 is 1.41. The van der Waals surface area contributed by atoms with Crippen molar-refractivity contribution in [1.82, 2.24) is 4.98 Å². The van der Waals surface area contributed by atoms with E-state index in [2.05, 4.69) is 16.4 Å². The van der Waals surface area contributed by atoms with Gasteiger partial charge in [0.15, 0.2) is 23.0 Å². The van der Waals surface area contributed by atoms with Crippen LogP contribution in [0.1, 0.15) is 5.01 Å². The van der Waals surface area contributed by atoms with Gasteiger partial charge in [-0.2, -0.15) is 5.26 Å². The van der Waals surface area contributed by atoms with Gasteiger partial charge in [-0.3, -0.25) is 0 Å². The number of hydrogen-bond acceptors (Lipinski definition) is 8. The molecule has 3 aromatic rings. The Labute approximate surface area is 170 Å². The fourth-order valence-corrected chi connectivity index (χ4v) is 3.81. The summed E-state index contributed by atoms with van der Waals surface area (Å²) < 4.78 is 21.9. The van der Waals surface area contributed by atoms with E-state index in [1.807, 2.05) is 41.8 Å². The Bertz CT molecular complexity index is 1150. The van der Waals surface area contributed by atoms with Crippen molar-refractivity contribution in [2.45, 2.75) is 0 Å². The van der Waals surface area contributed by atoms with Crippen molar-refractivity contribution in [1.29, 1.82) is 5.26 Å². The second-order valence-electron chi connectivity index (χ2n) is 6.28. The van der Waals surface area contributed by atoms with E-state index in [0.29, 0.717) is 35.3 Å². The molecule has 2 aliphatic heterocycles. The lowest BCUT2D eigenvalue weighted by atomic mass is 10.1. The molecule has 0 saturated carbocycles. The second kappa shape index (κ2) is 7.37. The number of ether oxygens (including phenoxy) is 4. The molecule has 2 aromatic carbocycles. The largest absolute Gasteiger partial charge is 0.486 e. The fourth-order valence-electron chi connectivity index (χ4n) is 3.02. The third-order valence-corrected chi connectivity index (χ3v) is 5.32. The van der Waals surface area contributed by atoms with Gasteiger partial charge in [0, 0.05) is 28.9 Å². The Morgan fingerprint density at radius 3 is 2.66 bits per heavy atom. The Hall–Kier alpha value is -3.70. The summed E-state index contributed by atoms with van der Waals surface area (Å²) in [5, 5.41) is 15.3. The lowest BCUT2D eigenvalue weighted by Crippen LogP contribution is -2.15. The minimum atomic E-state index is 0.230. The molecule has 0 amide bonds. The number of rotatable bonds is 4. The predicted molar refractivity (Wildman–Crippen MR) is 108 cm³/mol. The Morgan fingerprint density at radius 1 is 1.00 bits per heavy atom. The Morgan fingerprint density at radius 2 is 1.76 bits per heavy atom. The highest BCUT2D eigenvalue weighted by molar-refractivity contribution is 7.11. The average Bonchev–Trinajstić information content (AvgIpc) is 3.43. The predicted octanol–water partition coefficient (Wildman–Crippen LogP) is 4.29. The summed E-state index contributed by atoms with van der Waals surface area (Å²) in [4.78, 5) is 4.61. The molecule has 0 aliphatic carbocycles. The van der Waals surface area contributed by atoms with Crippen LogP contribution in [0.15, 0.2) is 48.0 Å². The van der Waals surface area contributed by atoms with Gasteiger partial charge in [-0.25, -0.2) is 4.98 Å². The van der Waals surface area contributed by atoms with Crippen LogP contribution in [0.4, 0.5) is 5.69 Å². The molecule has 0 radical (unpaired) electrons. The van der Waals surface area contributed by atoms with Crippen molar-refractivity contribution in [2.24, 2.45) is 0 Å². The van der Waals surface area contributed by atoms with Gasteiger partial charge in [0.1, 0.15) is 29.9 Å². The summed E-state index contributed by atoms with van der Waals surface area (Å²) in [6, 6.07) is 13.5. The molecule has 0 unspecified atom stereocenters. The summed E-state index contributed by atoms with van der Waals surface area (Å²) in [6.45, 7) is 1.31. The van der Waals surface area contributed by atoms with Crippen LogP contribution in [0.5, 0.6) is 23.0 Å². The zero-order valence-electron chi connectivity index (χ0n) is 15.2. The first-order valence-corrected chi connectivity index (χ1v) is 9.80. The second-order valence-corrected chi connectivity index (χ2v) is 7.14. The third-order valence-electron chi connectivity index (χ3n) is 4.45. The van der Waals surface area contributed by atoms with Crippen LogP contribution < -0.4 is 24.3 Å². The highest BCUT2D eigenvalue weighted by Crippen LogP contribution is 2.37. The van der Waals surface area contributed by atoms with Crippen LogP contribution in [-0.2, 0) is 0 Å². The molecule has 7 nitrogen and oxygen atoms in total. The van der Waals surface area contributed by atoms with Crippen molar-refractivity contribution in [3.05, 3.63) is 53.0 Å². The average molecular weight is 405 g/mol. The Kier molecular flexibility index (Phi) is 4.42. The fraction of sp³-hybridized carbons (Fsp3) is 0.143. The molecule has 1 aromatic heterocycles. The topological polar surface area (TPSA) is 85.6 Å². The third kappa shape index (κ3) is 3.44. The number of fused-ring (bicyclic) bond motifs is 2. The van der Waals surface area contributed by atoms with E-state index in [1.165, 1.54) is 11.3 Å². The summed E-state index contributed by atoms with van der Waals surface area (Å²) in [5.41, 5.74) is 2.93. The summed E-state index contributed by atoms with van der Waals surface area (Å²) in [5.74, 6) is 2.84. The highest BCUT2D eigenvalue weighted by Gasteiger charge is 2.16. The number of hydrogen-bond donors (Lipinski definition) is 1. The standard InChI is InChI=1S/C21H15N3O4S/c22-9-14(10-23-15-2-4-17-20(8-15)26-6-5-25-17)21-24-16(11-29-21)13-1-3-18-19(7-13)28-12-27-18/h1-4,7-8,10-11,23H,5-6,12H2. The lowest BCUT2D eigenvalue weighted by Gasteiger charge is -2.18. The van der Waals surface area contributed by atoms with Gasteiger partial charge in [0.25, 0.3) is 0 Å². The van der Waals surface area contributed by atoms with Crippen LogP contribution in [0, 0.1) is 11.3 Å². The van der Waals surface area contributed by atoms with Gasteiger partial charge < -0.3 is 24.3 Å². The number of nitriles is 1. The molecule has 0 spiro atoms. The molecule has 3 heterocycles. The summed E-state index contributed by atoms with van der Waals surface area (Å²) in [7, 11) is 0.